The van der Waals surface area contributed by atoms with Crippen molar-refractivity contribution in [3.05, 3.63) is 66.7 Å². The van der Waals surface area contributed by atoms with Crippen molar-refractivity contribution in [1.29, 1.82) is 0 Å². The molecule has 1 aliphatic carbocycles. The van der Waals surface area contributed by atoms with Crippen LogP contribution in [0.2, 0.25) is 0 Å². The second-order valence-corrected chi connectivity index (χ2v) is 10.5. The number of carbonyl (C=O) groups is 4. The van der Waals surface area contributed by atoms with E-state index in [9.17, 15) is 19.2 Å². The number of benzene rings is 3. The van der Waals surface area contributed by atoms with Crippen LogP contribution in [-0.4, -0.2) is 30.2 Å². The first kappa shape index (κ1) is 23.4. The van der Waals surface area contributed by atoms with Crippen molar-refractivity contribution in [2.24, 2.45) is 23.7 Å². The highest BCUT2D eigenvalue weighted by Crippen LogP contribution is 2.42. The Bertz CT molecular complexity index is 1430. The number of ether oxygens (including phenoxy) is 1. The molecule has 1 saturated carbocycles. The zero-order chi connectivity index (χ0) is 25.7. The minimum absolute atomic E-state index is 0.0619. The lowest BCUT2D eigenvalue weighted by molar-refractivity contribution is -0.139. The number of hydrogen-bond donors (Lipinski definition) is 0. The standard InChI is InChI=1S/C30H28N2O5/c1-18-12-13-24-25(14-18)29(35)32(28(24)34)21-8-5-9-22(16-21)37-30(36)20-15-27(33)31(17-20)26-11-4-7-19-6-2-3-10-23(19)26/h2-11,16,18,20,24-25H,12-15,17H2,1H3/t18-,20-,24+,25+/m1/s1. The van der Waals surface area contributed by atoms with E-state index in [1.807, 2.05) is 42.5 Å². The third-order valence-corrected chi connectivity index (χ3v) is 8.00. The lowest BCUT2D eigenvalue weighted by atomic mass is 9.76. The van der Waals surface area contributed by atoms with E-state index >= 15 is 0 Å². The second-order valence-electron chi connectivity index (χ2n) is 10.5. The number of esters is 1. The van der Waals surface area contributed by atoms with Crippen molar-refractivity contribution in [2.75, 3.05) is 16.3 Å². The van der Waals surface area contributed by atoms with E-state index < -0.39 is 11.9 Å². The van der Waals surface area contributed by atoms with E-state index in [4.69, 9.17) is 4.74 Å². The van der Waals surface area contributed by atoms with Crippen LogP contribution in [0.4, 0.5) is 11.4 Å². The highest BCUT2D eigenvalue weighted by atomic mass is 16.5. The molecule has 0 N–H and O–H groups in total. The molecule has 7 nitrogen and oxygen atoms in total. The van der Waals surface area contributed by atoms with Gasteiger partial charge in [0.15, 0.2) is 0 Å². The van der Waals surface area contributed by atoms with E-state index in [-0.39, 0.29) is 48.3 Å². The average Bonchev–Trinajstić information content (AvgIpc) is 3.40. The number of imide groups is 1. The molecule has 0 unspecified atom stereocenters. The number of fused-ring (bicyclic) bond motifs is 2. The summed E-state index contributed by atoms with van der Waals surface area (Å²) in [7, 11) is 0. The van der Waals surface area contributed by atoms with Gasteiger partial charge in [0, 0.05) is 24.4 Å². The van der Waals surface area contributed by atoms with Gasteiger partial charge in [0.25, 0.3) is 0 Å². The molecule has 0 aromatic heterocycles. The molecule has 4 atom stereocenters. The summed E-state index contributed by atoms with van der Waals surface area (Å²) in [5.41, 5.74) is 1.20. The Morgan fingerprint density at radius 3 is 2.51 bits per heavy atom. The quantitative estimate of drug-likeness (QED) is 0.296. The zero-order valence-corrected chi connectivity index (χ0v) is 20.6. The van der Waals surface area contributed by atoms with Crippen LogP contribution in [0.1, 0.15) is 32.6 Å². The Morgan fingerprint density at radius 1 is 0.892 bits per heavy atom. The first-order valence-corrected chi connectivity index (χ1v) is 12.9. The summed E-state index contributed by atoms with van der Waals surface area (Å²) in [6.45, 7) is 2.35. The molecule has 3 amide bonds. The topological polar surface area (TPSA) is 84.0 Å². The first-order valence-electron chi connectivity index (χ1n) is 12.9. The van der Waals surface area contributed by atoms with Crippen molar-refractivity contribution in [3.8, 4) is 5.75 Å². The Morgan fingerprint density at radius 2 is 1.65 bits per heavy atom. The molecule has 6 rings (SSSR count). The summed E-state index contributed by atoms with van der Waals surface area (Å²) in [5.74, 6) is -1.45. The molecule has 3 aromatic carbocycles. The summed E-state index contributed by atoms with van der Waals surface area (Å²) in [6.07, 6.45) is 2.46. The van der Waals surface area contributed by atoms with Crippen molar-refractivity contribution in [1.82, 2.24) is 0 Å². The van der Waals surface area contributed by atoms with Crippen LogP contribution in [0.5, 0.6) is 5.75 Å². The summed E-state index contributed by atoms with van der Waals surface area (Å²) in [6, 6.07) is 20.2. The SMILES string of the molecule is C[C@@H]1CC[C@@H]2C(=O)N(c3cccc(OC(=O)[C@@H]4CC(=O)N(c5cccc6ccccc56)C4)c3)C(=O)[C@H]2C1. The molecular formula is C30H28N2O5. The molecule has 188 valence electrons. The molecule has 7 heteroatoms. The molecule has 3 aromatic rings. The molecule has 0 bridgehead atoms. The number of hydrogen-bond acceptors (Lipinski definition) is 5. The van der Waals surface area contributed by atoms with Gasteiger partial charge < -0.3 is 9.64 Å². The maximum atomic E-state index is 13.1. The normalized spacial score (nSPS) is 25.6. The fourth-order valence-corrected chi connectivity index (χ4v) is 6.07. The predicted molar refractivity (Wildman–Crippen MR) is 139 cm³/mol. The number of rotatable bonds is 4. The molecule has 3 aliphatic rings. The van der Waals surface area contributed by atoms with E-state index in [1.54, 1.807) is 29.2 Å². The van der Waals surface area contributed by atoms with Crippen molar-refractivity contribution in [3.63, 3.8) is 0 Å². The maximum Gasteiger partial charge on any atom is 0.316 e. The summed E-state index contributed by atoms with van der Waals surface area (Å²) in [4.78, 5) is 55.0. The second kappa shape index (κ2) is 9.14. The van der Waals surface area contributed by atoms with Gasteiger partial charge in [0.1, 0.15) is 5.75 Å². The third kappa shape index (κ3) is 4.08. The van der Waals surface area contributed by atoms with E-state index in [0.29, 0.717) is 11.6 Å². The number of amides is 3. The molecular weight excluding hydrogens is 468 g/mol. The summed E-state index contributed by atoms with van der Waals surface area (Å²) < 4.78 is 5.66. The van der Waals surface area contributed by atoms with Gasteiger partial charge in [-0.25, -0.2) is 4.90 Å². The lowest BCUT2D eigenvalue weighted by Gasteiger charge is -2.25. The Hall–Kier alpha value is -4.00. The van der Waals surface area contributed by atoms with Gasteiger partial charge in [-0.15, -0.1) is 0 Å². The van der Waals surface area contributed by atoms with Crippen molar-refractivity contribution < 1.29 is 23.9 Å². The Balaban J connectivity index is 1.18. The summed E-state index contributed by atoms with van der Waals surface area (Å²) >= 11 is 0. The third-order valence-electron chi connectivity index (χ3n) is 8.00. The number of carbonyl (C=O) groups excluding carboxylic acids is 4. The van der Waals surface area contributed by atoms with Gasteiger partial charge in [-0.3, -0.25) is 19.2 Å². The van der Waals surface area contributed by atoms with Gasteiger partial charge in [0.2, 0.25) is 17.7 Å². The van der Waals surface area contributed by atoms with Crippen LogP contribution < -0.4 is 14.5 Å². The van der Waals surface area contributed by atoms with E-state index in [0.717, 1.165) is 35.7 Å². The average molecular weight is 497 g/mol. The monoisotopic (exact) mass is 496 g/mol. The number of anilines is 2. The molecule has 2 heterocycles. The van der Waals surface area contributed by atoms with Crippen LogP contribution >= 0.6 is 0 Å². The van der Waals surface area contributed by atoms with Crippen LogP contribution in [0.15, 0.2) is 66.7 Å². The highest BCUT2D eigenvalue weighted by molar-refractivity contribution is 6.22. The van der Waals surface area contributed by atoms with Crippen molar-refractivity contribution in [2.45, 2.75) is 32.6 Å². The molecule has 0 spiro atoms. The first-order chi connectivity index (χ1) is 17.9. The Labute approximate surface area is 215 Å². The van der Waals surface area contributed by atoms with Crippen LogP contribution in [-0.2, 0) is 19.2 Å². The van der Waals surface area contributed by atoms with E-state index in [1.165, 1.54) is 4.90 Å². The maximum absolute atomic E-state index is 13.1. The number of nitrogens with zero attached hydrogens (tertiary/aromatic N) is 2. The largest absolute Gasteiger partial charge is 0.426 e. The van der Waals surface area contributed by atoms with Gasteiger partial charge in [-0.2, -0.15) is 0 Å². The fourth-order valence-electron chi connectivity index (χ4n) is 6.07. The fraction of sp³-hybridized carbons (Fsp3) is 0.333. The molecule has 2 aliphatic heterocycles. The minimum atomic E-state index is -0.616. The van der Waals surface area contributed by atoms with Gasteiger partial charge >= 0.3 is 5.97 Å². The molecule has 2 saturated heterocycles. The van der Waals surface area contributed by atoms with Gasteiger partial charge in [-0.05, 0) is 48.8 Å². The zero-order valence-electron chi connectivity index (χ0n) is 20.6. The Kier molecular flexibility index (Phi) is 5.78. The van der Waals surface area contributed by atoms with Crippen molar-refractivity contribution >= 4 is 45.8 Å². The smallest absolute Gasteiger partial charge is 0.316 e. The molecule has 37 heavy (non-hydrogen) atoms. The highest BCUT2D eigenvalue weighted by Gasteiger charge is 2.50. The summed E-state index contributed by atoms with van der Waals surface area (Å²) in [5, 5.41) is 1.98. The molecule has 3 fully saturated rings. The molecule has 0 radical (unpaired) electrons. The van der Waals surface area contributed by atoms with Gasteiger partial charge in [0.05, 0.1) is 29.1 Å². The van der Waals surface area contributed by atoms with Crippen LogP contribution in [0, 0.1) is 23.7 Å². The van der Waals surface area contributed by atoms with Crippen LogP contribution in [0.25, 0.3) is 10.8 Å². The lowest BCUT2D eigenvalue weighted by Crippen LogP contribution is -2.31. The minimum Gasteiger partial charge on any atom is -0.426 e. The van der Waals surface area contributed by atoms with Crippen LogP contribution in [0.3, 0.4) is 0 Å². The predicted octanol–water partition coefficient (Wildman–Crippen LogP) is 4.72. The van der Waals surface area contributed by atoms with Gasteiger partial charge in [-0.1, -0.05) is 49.4 Å². The van der Waals surface area contributed by atoms with E-state index in [2.05, 4.69) is 6.92 Å².